The van der Waals surface area contributed by atoms with Gasteiger partial charge in [-0.3, -0.25) is 0 Å². The molecule has 21 heavy (non-hydrogen) atoms. The van der Waals surface area contributed by atoms with Gasteiger partial charge in [0.15, 0.2) is 0 Å². The molecule has 0 radical (unpaired) electrons. The molecular formula is C17H18O4. The summed E-state index contributed by atoms with van der Waals surface area (Å²) in [5.41, 5.74) is 3.28. The Morgan fingerprint density at radius 2 is 1.71 bits per heavy atom. The van der Waals surface area contributed by atoms with Gasteiger partial charge in [-0.1, -0.05) is 30.3 Å². The smallest absolute Gasteiger partial charge is 0.124 e. The highest BCUT2D eigenvalue weighted by Gasteiger charge is 2.04. The Kier molecular flexibility index (Phi) is 5.49. The molecule has 0 aliphatic carbocycles. The summed E-state index contributed by atoms with van der Waals surface area (Å²) in [5, 5.41) is 18.4. The second-order valence-corrected chi connectivity index (χ2v) is 4.73. The fourth-order valence-corrected chi connectivity index (χ4v) is 2.10. The number of rotatable bonds is 7. The van der Waals surface area contributed by atoms with Crippen LogP contribution in [-0.2, 0) is 31.0 Å². The highest BCUT2D eigenvalue weighted by Crippen LogP contribution is 2.19. The molecule has 0 atom stereocenters. The summed E-state index contributed by atoms with van der Waals surface area (Å²) >= 11 is 0. The van der Waals surface area contributed by atoms with Gasteiger partial charge in [0.2, 0.25) is 0 Å². The van der Waals surface area contributed by atoms with Gasteiger partial charge in [-0.25, -0.2) is 0 Å². The maximum Gasteiger partial charge on any atom is 0.124 e. The first-order valence-corrected chi connectivity index (χ1v) is 6.74. The van der Waals surface area contributed by atoms with Crippen LogP contribution in [0.15, 0.2) is 42.5 Å². The number of hydrogen-bond donors (Lipinski definition) is 2. The van der Waals surface area contributed by atoms with E-state index in [1.165, 1.54) is 0 Å². The van der Waals surface area contributed by atoms with Crippen LogP contribution < -0.4 is 4.74 Å². The highest BCUT2D eigenvalue weighted by atomic mass is 16.5. The Bertz CT molecular complexity index is 607. The van der Waals surface area contributed by atoms with E-state index < -0.39 is 0 Å². The van der Waals surface area contributed by atoms with Crippen molar-refractivity contribution in [3.05, 3.63) is 64.7 Å². The van der Waals surface area contributed by atoms with E-state index in [1.807, 2.05) is 24.3 Å². The standard InChI is InChI=1S/C17H18O4/c18-7-6-13-2-1-3-14(8-13)12-21-17-5-4-15(10-19)16(9-17)11-20/h1-5,7-9,19-20H,6,10-12H2. The molecule has 0 spiro atoms. The number of aliphatic hydroxyl groups excluding tert-OH is 2. The molecule has 0 bridgehead atoms. The third kappa shape index (κ3) is 4.15. The minimum Gasteiger partial charge on any atom is -0.489 e. The van der Waals surface area contributed by atoms with E-state index in [4.69, 9.17) is 9.84 Å². The number of aliphatic hydroxyl groups is 2. The van der Waals surface area contributed by atoms with Crippen LogP contribution in [-0.4, -0.2) is 16.5 Å². The van der Waals surface area contributed by atoms with Gasteiger partial charge < -0.3 is 19.7 Å². The minimum absolute atomic E-state index is 0.107. The summed E-state index contributed by atoms with van der Waals surface area (Å²) in [4.78, 5) is 10.5. The maximum absolute atomic E-state index is 10.5. The molecule has 2 N–H and O–H groups in total. The van der Waals surface area contributed by atoms with E-state index in [0.717, 1.165) is 17.4 Å². The zero-order chi connectivity index (χ0) is 15.1. The number of hydrogen-bond acceptors (Lipinski definition) is 4. The summed E-state index contributed by atoms with van der Waals surface area (Å²) in [6.45, 7) is 0.141. The molecule has 0 fully saturated rings. The summed E-state index contributed by atoms with van der Waals surface area (Å²) in [7, 11) is 0. The van der Waals surface area contributed by atoms with Crippen molar-refractivity contribution in [2.45, 2.75) is 26.2 Å². The first-order chi connectivity index (χ1) is 10.3. The Hall–Kier alpha value is -2.17. The largest absolute Gasteiger partial charge is 0.489 e. The van der Waals surface area contributed by atoms with Gasteiger partial charge in [0.05, 0.1) is 13.2 Å². The number of benzene rings is 2. The van der Waals surface area contributed by atoms with Crippen molar-refractivity contribution in [2.75, 3.05) is 0 Å². The Morgan fingerprint density at radius 1 is 0.952 bits per heavy atom. The summed E-state index contributed by atoms with van der Waals surface area (Å²) in [6.07, 6.45) is 1.27. The van der Waals surface area contributed by atoms with Crippen LogP contribution in [0.2, 0.25) is 0 Å². The Balaban J connectivity index is 2.05. The second-order valence-electron chi connectivity index (χ2n) is 4.73. The highest BCUT2D eigenvalue weighted by molar-refractivity contribution is 5.55. The third-order valence-electron chi connectivity index (χ3n) is 3.23. The average Bonchev–Trinajstić information content (AvgIpc) is 2.53. The molecule has 0 saturated heterocycles. The predicted molar refractivity (Wildman–Crippen MR) is 78.8 cm³/mol. The molecule has 0 unspecified atom stereocenters. The summed E-state index contributed by atoms with van der Waals surface area (Å²) < 4.78 is 5.69. The molecule has 4 heteroatoms. The first-order valence-electron chi connectivity index (χ1n) is 6.74. The molecule has 0 saturated carbocycles. The van der Waals surface area contributed by atoms with Crippen molar-refractivity contribution in [3.63, 3.8) is 0 Å². The van der Waals surface area contributed by atoms with Crippen LogP contribution in [0.5, 0.6) is 5.75 Å². The van der Waals surface area contributed by atoms with Gasteiger partial charge >= 0.3 is 0 Å². The fourth-order valence-electron chi connectivity index (χ4n) is 2.10. The zero-order valence-electron chi connectivity index (χ0n) is 11.7. The number of aldehydes is 1. The Morgan fingerprint density at radius 3 is 2.43 bits per heavy atom. The van der Waals surface area contributed by atoms with E-state index in [0.29, 0.717) is 29.9 Å². The van der Waals surface area contributed by atoms with Crippen LogP contribution in [0.3, 0.4) is 0 Å². The molecule has 0 aromatic heterocycles. The number of ether oxygens (including phenoxy) is 1. The van der Waals surface area contributed by atoms with E-state index >= 15 is 0 Å². The molecule has 0 aliphatic rings. The molecule has 2 rings (SSSR count). The number of carbonyl (C=O) groups is 1. The van der Waals surface area contributed by atoms with Crippen LogP contribution in [0.1, 0.15) is 22.3 Å². The molecule has 0 amide bonds. The van der Waals surface area contributed by atoms with Gasteiger partial charge in [-0.15, -0.1) is 0 Å². The summed E-state index contributed by atoms with van der Waals surface area (Å²) in [6, 6.07) is 12.9. The van der Waals surface area contributed by atoms with Crippen molar-refractivity contribution >= 4 is 6.29 Å². The normalized spacial score (nSPS) is 10.4. The van der Waals surface area contributed by atoms with Crippen LogP contribution in [0.4, 0.5) is 0 Å². The molecule has 2 aromatic rings. The van der Waals surface area contributed by atoms with Gasteiger partial charge in [-0.2, -0.15) is 0 Å². The van der Waals surface area contributed by atoms with Crippen molar-refractivity contribution in [2.24, 2.45) is 0 Å². The molecule has 4 nitrogen and oxygen atoms in total. The molecular weight excluding hydrogens is 268 g/mol. The fraction of sp³-hybridized carbons (Fsp3) is 0.235. The monoisotopic (exact) mass is 286 g/mol. The van der Waals surface area contributed by atoms with Gasteiger partial charge in [0.1, 0.15) is 18.6 Å². The van der Waals surface area contributed by atoms with E-state index in [-0.39, 0.29) is 13.2 Å². The third-order valence-corrected chi connectivity index (χ3v) is 3.23. The molecule has 0 aliphatic heterocycles. The Labute approximate surface area is 123 Å². The second kappa shape index (κ2) is 7.57. The van der Waals surface area contributed by atoms with Gasteiger partial charge in [0, 0.05) is 6.42 Å². The topological polar surface area (TPSA) is 66.8 Å². The SMILES string of the molecule is O=CCc1cccc(COc2ccc(CO)c(CO)c2)c1. The van der Waals surface area contributed by atoms with Gasteiger partial charge in [-0.05, 0) is 34.4 Å². The van der Waals surface area contributed by atoms with Crippen molar-refractivity contribution in [1.29, 1.82) is 0 Å². The summed E-state index contributed by atoms with van der Waals surface area (Å²) in [5.74, 6) is 0.636. The predicted octanol–water partition coefficient (Wildman–Crippen LogP) is 1.99. The lowest BCUT2D eigenvalue weighted by Gasteiger charge is -2.10. The van der Waals surface area contributed by atoms with E-state index in [1.54, 1.807) is 18.2 Å². The van der Waals surface area contributed by atoms with Crippen LogP contribution in [0, 0.1) is 0 Å². The molecule has 110 valence electrons. The molecule has 0 heterocycles. The van der Waals surface area contributed by atoms with Gasteiger partial charge in [0.25, 0.3) is 0 Å². The van der Waals surface area contributed by atoms with E-state index in [9.17, 15) is 9.90 Å². The number of carbonyl (C=O) groups excluding carboxylic acids is 1. The molecule has 2 aromatic carbocycles. The van der Waals surface area contributed by atoms with Crippen molar-refractivity contribution < 1.29 is 19.7 Å². The van der Waals surface area contributed by atoms with Crippen molar-refractivity contribution in [3.8, 4) is 5.75 Å². The lowest BCUT2D eigenvalue weighted by atomic mass is 10.1. The first kappa shape index (κ1) is 15.2. The lowest BCUT2D eigenvalue weighted by Crippen LogP contribution is -1.99. The average molecular weight is 286 g/mol. The van der Waals surface area contributed by atoms with Crippen LogP contribution >= 0.6 is 0 Å². The zero-order valence-corrected chi connectivity index (χ0v) is 11.7. The quantitative estimate of drug-likeness (QED) is 0.764. The van der Waals surface area contributed by atoms with E-state index in [2.05, 4.69) is 0 Å². The van der Waals surface area contributed by atoms with Crippen LogP contribution in [0.25, 0.3) is 0 Å². The lowest BCUT2D eigenvalue weighted by molar-refractivity contribution is -0.107. The van der Waals surface area contributed by atoms with Crippen molar-refractivity contribution in [1.82, 2.24) is 0 Å². The minimum atomic E-state index is -0.137. The maximum atomic E-state index is 10.5.